The number of hydrogen-bond acceptors (Lipinski definition) is 5. The Morgan fingerprint density at radius 3 is 2.62 bits per heavy atom. The highest BCUT2D eigenvalue weighted by Crippen LogP contribution is 2.20. The average Bonchev–Trinajstić information content (AvgIpc) is 2.98. The summed E-state index contributed by atoms with van der Waals surface area (Å²) in [7, 11) is 0. The fourth-order valence-electron chi connectivity index (χ4n) is 2.82. The van der Waals surface area contributed by atoms with Crippen LogP contribution in [0, 0.1) is 27.7 Å². The molecule has 0 aliphatic rings. The van der Waals surface area contributed by atoms with Crippen molar-refractivity contribution < 1.29 is 4.79 Å². The summed E-state index contributed by atoms with van der Waals surface area (Å²) in [5.41, 5.74) is 5.03. The molecule has 2 heterocycles. The van der Waals surface area contributed by atoms with Crippen molar-refractivity contribution in [3.63, 3.8) is 0 Å². The molecule has 0 spiro atoms. The summed E-state index contributed by atoms with van der Waals surface area (Å²) in [5.74, 6) is 1.45. The molecule has 3 aromatic rings. The van der Waals surface area contributed by atoms with E-state index in [1.165, 1.54) is 0 Å². The van der Waals surface area contributed by atoms with Gasteiger partial charge in [-0.25, -0.2) is 9.50 Å². The maximum Gasteiger partial charge on any atom is 0.253 e. The lowest BCUT2D eigenvalue weighted by atomic mass is 10.1. The number of para-hydroxylation sites is 1. The predicted octanol–water partition coefficient (Wildman–Crippen LogP) is 3.87. The molecule has 0 bridgehead atoms. The molecule has 0 aliphatic heterocycles. The Hall–Kier alpha value is -2.41. The van der Waals surface area contributed by atoms with Gasteiger partial charge >= 0.3 is 0 Å². The number of thioether (sulfide) groups is 1. The second-order valence-electron chi connectivity index (χ2n) is 6.41. The zero-order chi connectivity index (χ0) is 18.7. The van der Waals surface area contributed by atoms with Gasteiger partial charge in [-0.1, -0.05) is 30.0 Å². The lowest BCUT2D eigenvalue weighted by Gasteiger charge is -2.11. The van der Waals surface area contributed by atoms with E-state index in [1.54, 1.807) is 16.3 Å². The SMILES string of the molecule is Cc1cc(C)n2nc(SCCCC(=O)Nc3c(C)cccc3C)nc2n1. The summed E-state index contributed by atoms with van der Waals surface area (Å²) in [6, 6.07) is 7.99. The summed E-state index contributed by atoms with van der Waals surface area (Å²) in [6.45, 7) is 7.95. The van der Waals surface area contributed by atoms with Crippen LogP contribution in [0.3, 0.4) is 0 Å². The van der Waals surface area contributed by atoms with Crippen molar-refractivity contribution in [2.45, 2.75) is 45.7 Å². The first-order valence-corrected chi connectivity index (χ1v) is 9.62. The van der Waals surface area contributed by atoms with Gasteiger partial charge in [0.25, 0.3) is 5.78 Å². The minimum Gasteiger partial charge on any atom is -0.326 e. The minimum atomic E-state index is 0.0408. The van der Waals surface area contributed by atoms with E-state index in [2.05, 4.69) is 20.4 Å². The van der Waals surface area contributed by atoms with Crippen LogP contribution in [0.1, 0.15) is 35.4 Å². The van der Waals surface area contributed by atoms with Crippen LogP contribution in [-0.4, -0.2) is 31.2 Å². The largest absolute Gasteiger partial charge is 0.326 e. The van der Waals surface area contributed by atoms with Gasteiger partial charge in [0.2, 0.25) is 11.1 Å². The molecule has 0 unspecified atom stereocenters. The molecule has 0 aliphatic carbocycles. The quantitative estimate of drug-likeness (QED) is 0.527. The molecule has 7 heteroatoms. The minimum absolute atomic E-state index is 0.0408. The number of carbonyl (C=O) groups excluding carboxylic acids is 1. The lowest BCUT2D eigenvalue weighted by molar-refractivity contribution is -0.116. The fourth-order valence-corrected chi connectivity index (χ4v) is 3.58. The number of hydrogen-bond donors (Lipinski definition) is 1. The highest BCUT2D eigenvalue weighted by Gasteiger charge is 2.10. The molecular formula is C19H23N5OS. The Balaban J connectivity index is 1.51. The molecule has 1 amide bonds. The number of anilines is 1. The van der Waals surface area contributed by atoms with E-state index in [0.717, 1.165) is 40.4 Å². The second-order valence-corrected chi connectivity index (χ2v) is 7.47. The lowest BCUT2D eigenvalue weighted by Crippen LogP contribution is -2.13. The summed E-state index contributed by atoms with van der Waals surface area (Å²) in [5, 5.41) is 8.18. The van der Waals surface area contributed by atoms with Gasteiger partial charge in [0.05, 0.1) is 0 Å². The van der Waals surface area contributed by atoms with E-state index in [0.29, 0.717) is 17.4 Å². The Bertz CT molecular complexity index is 930. The molecule has 3 rings (SSSR count). The van der Waals surface area contributed by atoms with Crippen LogP contribution >= 0.6 is 11.8 Å². The molecule has 0 saturated carbocycles. The Morgan fingerprint density at radius 1 is 1.15 bits per heavy atom. The molecular weight excluding hydrogens is 346 g/mol. The van der Waals surface area contributed by atoms with Crippen molar-refractivity contribution in [1.82, 2.24) is 19.6 Å². The number of carbonyl (C=O) groups is 1. The smallest absolute Gasteiger partial charge is 0.253 e. The average molecular weight is 369 g/mol. The molecule has 26 heavy (non-hydrogen) atoms. The van der Waals surface area contributed by atoms with Crippen LogP contribution in [0.2, 0.25) is 0 Å². The standard InChI is InChI=1S/C19H23N5OS/c1-12-7-5-8-13(2)17(12)21-16(25)9-6-10-26-19-22-18-20-14(3)11-15(4)24(18)23-19/h5,7-8,11H,6,9-10H2,1-4H3,(H,21,25). The summed E-state index contributed by atoms with van der Waals surface area (Å²) >= 11 is 1.55. The first-order valence-electron chi connectivity index (χ1n) is 8.64. The molecule has 6 nitrogen and oxygen atoms in total. The van der Waals surface area contributed by atoms with Crippen molar-refractivity contribution in [3.8, 4) is 0 Å². The maximum atomic E-state index is 12.2. The molecule has 0 fully saturated rings. The van der Waals surface area contributed by atoms with E-state index in [4.69, 9.17) is 0 Å². The summed E-state index contributed by atoms with van der Waals surface area (Å²) in [6.07, 6.45) is 1.24. The van der Waals surface area contributed by atoms with Gasteiger partial charge in [0, 0.05) is 29.2 Å². The number of rotatable bonds is 6. The number of aromatic nitrogens is 4. The van der Waals surface area contributed by atoms with Gasteiger partial charge in [-0.3, -0.25) is 4.79 Å². The maximum absolute atomic E-state index is 12.2. The molecule has 136 valence electrons. The molecule has 2 aromatic heterocycles. The predicted molar refractivity (Wildman–Crippen MR) is 105 cm³/mol. The monoisotopic (exact) mass is 369 g/mol. The normalized spacial score (nSPS) is 11.1. The van der Waals surface area contributed by atoms with Crippen molar-refractivity contribution in [2.24, 2.45) is 0 Å². The third-order valence-electron chi connectivity index (χ3n) is 4.12. The summed E-state index contributed by atoms with van der Waals surface area (Å²) in [4.78, 5) is 21.0. The van der Waals surface area contributed by atoms with Crippen molar-refractivity contribution in [3.05, 3.63) is 46.8 Å². The number of aryl methyl sites for hydroxylation is 4. The van der Waals surface area contributed by atoms with Crippen LogP contribution in [-0.2, 0) is 4.79 Å². The number of amides is 1. The van der Waals surface area contributed by atoms with Gasteiger partial charge in [-0.2, -0.15) is 4.98 Å². The van der Waals surface area contributed by atoms with E-state index in [9.17, 15) is 4.79 Å². The van der Waals surface area contributed by atoms with E-state index >= 15 is 0 Å². The topological polar surface area (TPSA) is 72.2 Å². The summed E-state index contributed by atoms with van der Waals surface area (Å²) < 4.78 is 1.75. The van der Waals surface area contributed by atoms with Crippen molar-refractivity contribution in [2.75, 3.05) is 11.1 Å². The van der Waals surface area contributed by atoms with Crippen molar-refractivity contribution in [1.29, 1.82) is 0 Å². The first kappa shape index (κ1) is 18.4. The van der Waals surface area contributed by atoms with E-state index < -0.39 is 0 Å². The van der Waals surface area contributed by atoms with Crippen LogP contribution < -0.4 is 5.32 Å². The molecule has 0 radical (unpaired) electrons. The highest BCUT2D eigenvalue weighted by molar-refractivity contribution is 7.99. The van der Waals surface area contributed by atoms with Gasteiger partial charge in [0.15, 0.2) is 0 Å². The molecule has 0 atom stereocenters. The third kappa shape index (κ3) is 4.22. The second kappa shape index (κ2) is 7.86. The number of nitrogens with zero attached hydrogens (tertiary/aromatic N) is 4. The van der Waals surface area contributed by atoms with Crippen molar-refractivity contribution >= 4 is 29.1 Å². The number of fused-ring (bicyclic) bond motifs is 1. The van der Waals surface area contributed by atoms with Gasteiger partial charge in [-0.05, 0) is 51.3 Å². The Kier molecular flexibility index (Phi) is 5.56. The third-order valence-corrected chi connectivity index (χ3v) is 5.05. The van der Waals surface area contributed by atoms with Gasteiger partial charge < -0.3 is 5.32 Å². The van der Waals surface area contributed by atoms with Crippen LogP contribution in [0.25, 0.3) is 5.78 Å². The van der Waals surface area contributed by atoms with Crippen LogP contribution in [0.5, 0.6) is 0 Å². The zero-order valence-corrected chi connectivity index (χ0v) is 16.4. The van der Waals surface area contributed by atoms with Gasteiger partial charge in [-0.15, -0.1) is 5.10 Å². The number of nitrogens with one attached hydrogen (secondary N) is 1. The van der Waals surface area contributed by atoms with E-state index in [-0.39, 0.29) is 5.91 Å². The molecule has 1 aromatic carbocycles. The Labute approximate surface area is 157 Å². The van der Waals surface area contributed by atoms with E-state index in [1.807, 2.05) is 52.0 Å². The van der Waals surface area contributed by atoms with Crippen LogP contribution in [0.4, 0.5) is 5.69 Å². The first-order chi connectivity index (χ1) is 12.4. The zero-order valence-electron chi connectivity index (χ0n) is 15.5. The van der Waals surface area contributed by atoms with Gasteiger partial charge in [0.1, 0.15) is 0 Å². The molecule has 1 N–H and O–H groups in total. The molecule has 0 saturated heterocycles. The van der Waals surface area contributed by atoms with Crippen LogP contribution in [0.15, 0.2) is 29.4 Å². The number of benzene rings is 1. The highest BCUT2D eigenvalue weighted by atomic mass is 32.2. The Morgan fingerprint density at radius 2 is 1.88 bits per heavy atom. The fraction of sp³-hybridized carbons (Fsp3) is 0.368.